The van der Waals surface area contributed by atoms with Crippen molar-refractivity contribution in [1.29, 1.82) is 0 Å². The van der Waals surface area contributed by atoms with E-state index in [2.05, 4.69) is 44.8 Å². The molecule has 5 aliphatic rings. The van der Waals surface area contributed by atoms with Crippen molar-refractivity contribution in [2.45, 2.75) is 83.7 Å². The molecule has 0 N–H and O–H groups in total. The van der Waals surface area contributed by atoms with Gasteiger partial charge in [-0.3, -0.25) is 0 Å². The van der Waals surface area contributed by atoms with Crippen LogP contribution in [-0.2, 0) is 0 Å². The first-order chi connectivity index (χ1) is 12.4. The second kappa shape index (κ2) is 5.96. The number of fused-ring (bicyclic) bond motifs is 4. The average Bonchev–Trinajstić information content (AvgIpc) is 3.08. The third-order valence-corrected chi connectivity index (χ3v) is 11.0. The van der Waals surface area contributed by atoms with Crippen LogP contribution in [0.2, 0.25) is 0 Å². The molecule has 148 valence electrons. The Balaban J connectivity index is 1.41. The molecule has 1 heterocycles. The summed E-state index contributed by atoms with van der Waals surface area (Å²) in [5.74, 6) is 5.17. The van der Waals surface area contributed by atoms with Gasteiger partial charge < -0.3 is 9.80 Å². The molecule has 1 spiro atoms. The van der Waals surface area contributed by atoms with Crippen molar-refractivity contribution in [1.82, 2.24) is 9.80 Å². The number of rotatable bonds is 1. The molecule has 0 amide bonds. The zero-order valence-corrected chi connectivity index (χ0v) is 18.0. The molecular weight excluding hydrogens is 316 g/mol. The van der Waals surface area contributed by atoms with E-state index >= 15 is 0 Å². The van der Waals surface area contributed by atoms with Gasteiger partial charge in [0.05, 0.1) is 0 Å². The average molecular weight is 359 g/mol. The smallest absolute Gasteiger partial charge is 0.00982 e. The molecule has 0 aromatic heterocycles. The van der Waals surface area contributed by atoms with Crippen LogP contribution < -0.4 is 0 Å². The zero-order valence-electron chi connectivity index (χ0n) is 18.0. The van der Waals surface area contributed by atoms with Gasteiger partial charge >= 0.3 is 0 Å². The molecule has 2 heteroatoms. The maximum Gasteiger partial charge on any atom is 0.00982 e. The van der Waals surface area contributed by atoms with Gasteiger partial charge in [0.1, 0.15) is 0 Å². The quantitative estimate of drug-likeness (QED) is 0.658. The molecule has 0 aromatic carbocycles. The van der Waals surface area contributed by atoms with Gasteiger partial charge in [-0.05, 0) is 126 Å². The van der Waals surface area contributed by atoms with E-state index in [-0.39, 0.29) is 0 Å². The van der Waals surface area contributed by atoms with Crippen molar-refractivity contribution in [3.63, 3.8) is 0 Å². The van der Waals surface area contributed by atoms with Gasteiger partial charge in [0.2, 0.25) is 0 Å². The lowest BCUT2D eigenvalue weighted by Gasteiger charge is -2.61. The maximum atomic E-state index is 2.73. The molecule has 1 saturated heterocycles. The normalized spacial score (nSPS) is 56.8. The Kier molecular flexibility index (Phi) is 4.12. The predicted molar refractivity (Wildman–Crippen MR) is 109 cm³/mol. The number of hydrogen-bond acceptors (Lipinski definition) is 2. The molecular formula is C24H42N2. The van der Waals surface area contributed by atoms with E-state index in [1.165, 1.54) is 38.6 Å². The lowest BCUT2D eigenvalue weighted by atomic mass is 9.44. The van der Waals surface area contributed by atoms with Gasteiger partial charge in [0.25, 0.3) is 0 Å². The van der Waals surface area contributed by atoms with Crippen molar-refractivity contribution in [2.75, 3.05) is 27.7 Å². The molecule has 0 bridgehead atoms. The Bertz CT molecular complexity index is 558. The molecule has 0 radical (unpaired) electrons. The van der Waals surface area contributed by atoms with E-state index in [4.69, 9.17) is 0 Å². The van der Waals surface area contributed by atoms with Crippen LogP contribution in [0.4, 0.5) is 0 Å². The van der Waals surface area contributed by atoms with E-state index in [1.54, 1.807) is 25.7 Å². The summed E-state index contributed by atoms with van der Waals surface area (Å²) in [6.45, 7) is 6.67. The van der Waals surface area contributed by atoms with Crippen molar-refractivity contribution >= 4 is 0 Å². The van der Waals surface area contributed by atoms with Crippen LogP contribution in [0.25, 0.3) is 0 Å². The Morgan fingerprint density at radius 3 is 2.42 bits per heavy atom. The Hall–Kier alpha value is -0.0800. The van der Waals surface area contributed by atoms with Crippen LogP contribution in [0.1, 0.15) is 71.6 Å². The predicted octanol–water partition coefficient (Wildman–Crippen LogP) is 4.89. The Morgan fingerprint density at radius 1 is 0.885 bits per heavy atom. The molecule has 5 rings (SSSR count). The number of hydrogen-bond donors (Lipinski definition) is 0. The largest absolute Gasteiger partial charge is 0.306 e. The summed E-state index contributed by atoms with van der Waals surface area (Å²) in [6, 6.07) is 1.68. The summed E-state index contributed by atoms with van der Waals surface area (Å²) in [5.41, 5.74) is 1.37. The first-order valence-corrected chi connectivity index (χ1v) is 11.7. The third-order valence-electron chi connectivity index (χ3n) is 11.0. The van der Waals surface area contributed by atoms with Crippen LogP contribution in [0.5, 0.6) is 0 Å². The summed E-state index contributed by atoms with van der Waals surface area (Å²) < 4.78 is 0. The number of nitrogens with zero attached hydrogens (tertiary/aromatic N) is 2. The third kappa shape index (κ3) is 2.24. The van der Waals surface area contributed by atoms with Gasteiger partial charge in [-0.25, -0.2) is 0 Å². The summed E-state index contributed by atoms with van der Waals surface area (Å²) >= 11 is 0. The van der Waals surface area contributed by atoms with E-state index < -0.39 is 0 Å². The van der Waals surface area contributed by atoms with Crippen LogP contribution >= 0.6 is 0 Å². The molecule has 5 fully saturated rings. The molecule has 0 aromatic rings. The molecule has 2 nitrogen and oxygen atoms in total. The molecule has 4 aliphatic carbocycles. The van der Waals surface area contributed by atoms with Gasteiger partial charge in [-0.2, -0.15) is 0 Å². The summed E-state index contributed by atoms with van der Waals surface area (Å²) in [7, 11) is 7.02. The molecule has 9 atom stereocenters. The summed E-state index contributed by atoms with van der Waals surface area (Å²) in [5, 5.41) is 0. The first-order valence-electron chi connectivity index (χ1n) is 11.7. The first kappa shape index (κ1) is 18.0. The van der Waals surface area contributed by atoms with Gasteiger partial charge in [-0.1, -0.05) is 6.92 Å². The van der Waals surface area contributed by atoms with Gasteiger partial charge in [0, 0.05) is 18.6 Å². The van der Waals surface area contributed by atoms with Crippen LogP contribution in [0.15, 0.2) is 0 Å². The minimum Gasteiger partial charge on any atom is -0.306 e. The van der Waals surface area contributed by atoms with Crippen molar-refractivity contribution in [3.05, 3.63) is 0 Å². The van der Waals surface area contributed by atoms with Crippen molar-refractivity contribution in [3.8, 4) is 0 Å². The van der Waals surface area contributed by atoms with E-state index in [0.717, 1.165) is 41.7 Å². The lowest BCUT2D eigenvalue weighted by Crippen LogP contribution is -2.55. The van der Waals surface area contributed by atoms with Gasteiger partial charge in [-0.15, -0.1) is 0 Å². The highest BCUT2D eigenvalue weighted by Crippen LogP contribution is 2.69. The molecule has 26 heavy (non-hydrogen) atoms. The van der Waals surface area contributed by atoms with Crippen LogP contribution in [-0.4, -0.2) is 49.6 Å². The second-order valence-corrected chi connectivity index (χ2v) is 11.7. The molecule has 0 unspecified atom stereocenters. The Labute approximate surface area is 162 Å². The highest BCUT2D eigenvalue weighted by Gasteiger charge is 2.64. The van der Waals surface area contributed by atoms with E-state index in [0.29, 0.717) is 10.8 Å². The molecule has 1 aliphatic heterocycles. The SMILES string of the molecule is C[C@H]1[C@H]2CC[C@@H]3[C@H]4CC[C@H]5C[C@H](N(C)C)CC[C@]5(C)[C@@H]4CC[C@@]32CN1C. The van der Waals surface area contributed by atoms with Crippen LogP contribution in [0.3, 0.4) is 0 Å². The summed E-state index contributed by atoms with van der Waals surface area (Å²) in [4.78, 5) is 5.23. The van der Waals surface area contributed by atoms with Crippen LogP contribution in [0, 0.1) is 40.4 Å². The fourth-order valence-corrected chi connectivity index (χ4v) is 9.51. The second-order valence-electron chi connectivity index (χ2n) is 11.7. The highest BCUT2D eigenvalue weighted by molar-refractivity contribution is 5.15. The minimum absolute atomic E-state index is 0.658. The number of likely N-dealkylation sites (tertiary alicyclic amines) is 1. The van der Waals surface area contributed by atoms with E-state index in [9.17, 15) is 0 Å². The lowest BCUT2D eigenvalue weighted by molar-refractivity contribution is -0.118. The highest BCUT2D eigenvalue weighted by atomic mass is 15.2. The standard InChI is InChI=1S/C24H42N2/c1-16-20-8-9-22-19-7-6-17-14-18(25(3)4)10-12-23(17,2)21(19)11-13-24(20,22)15-26(16)5/h16-22H,6-15H2,1-5H3/t16-,17-,18+,19-,20+,21+,22+,23-,24-/m0/s1. The topological polar surface area (TPSA) is 6.48 Å². The van der Waals surface area contributed by atoms with Gasteiger partial charge in [0.15, 0.2) is 0 Å². The fourth-order valence-electron chi connectivity index (χ4n) is 9.51. The summed E-state index contributed by atoms with van der Waals surface area (Å²) in [6.07, 6.45) is 13.7. The monoisotopic (exact) mass is 358 g/mol. The Morgan fingerprint density at radius 2 is 1.65 bits per heavy atom. The van der Waals surface area contributed by atoms with E-state index in [1.807, 2.05) is 0 Å². The van der Waals surface area contributed by atoms with Crippen molar-refractivity contribution in [2.24, 2.45) is 40.4 Å². The maximum absolute atomic E-state index is 2.73. The zero-order chi connectivity index (χ0) is 18.3. The van der Waals surface area contributed by atoms with Crippen molar-refractivity contribution < 1.29 is 0 Å². The fraction of sp³-hybridized carbons (Fsp3) is 1.00. The minimum atomic E-state index is 0.658. The molecule has 4 saturated carbocycles.